The molecule has 3 rings (SSSR count). The lowest BCUT2D eigenvalue weighted by Gasteiger charge is -2.25. The average molecular weight is 350 g/mol. The summed E-state index contributed by atoms with van der Waals surface area (Å²) in [6, 6.07) is -0.0569. The van der Waals surface area contributed by atoms with Crippen molar-refractivity contribution in [3.05, 3.63) is 26.4 Å². The number of aromatic amines is 1. The minimum Gasteiger partial charge on any atom is -0.494 e. The summed E-state index contributed by atoms with van der Waals surface area (Å²) < 4.78 is 6.62. The second-order valence-electron chi connectivity index (χ2n) is 6.65. The number of aliphatic imine (C=N–C) groups is 1. The fraction of sp³-hybridized carbons (Fsp3) is 0.706. The van der Waals surface area contributed by atoms with Crippen LogP contribution in [0.2, 0.25) is 0 Å². The Hall–Kier alpha value is -1.93. The topological polar surface area (TPSA) is 99.9 Å². The van der Waals surface area contributed by atoms with E-state index in [-0.39, 0.29) is 17.5 Å². The number of hydrogen-bond donors (Lipinski definition) is 2. The van der Waals surface area contributed by atoms with E-state index in [9.17, 15) is 14.7 Å². The summed E-state index contributed by atoms with van der Waals surface area (Å²) in [5.74, 6) is -0.268. The Morgan fingerprint density at radius 2 is 1.92 bits per heavy atom. The maximum atomic E-state index is 12.1. The first-order chi connectivity index (χ1) is 12.2. The number of nitrogens with zero attached hydrogens (tertiary/aromatic N) is 3. The molecule has 0 unspecified atom stereocenters. The smallest absolute Gasteiger partial charge is 0.331 e. The van der Waals surface area contributed by atoms with E-state index in [0.29, 0.717) is 6.54 Å². The van der Waals surface area contributed by atoms with Crippen molar-refractivity contribution in [3.63, 3.8) is 0 Å². The Labute approximate surface area is 146 Å². The van der Waals surface area contributed by atoms with Gasteiger partial charge in [-0.2, -0.15) is 0 Å². The molecule has 1 aliphatic heterocycles. The van der Waals surface area contributed by atoms with Crippen molar-refractivity contribution in [2.45, 2.75) is 38.1 Å². The number of ether oxygens (including phenoxy) is 1. The maximum Gasteiger partial charge on any atom is 0.331 e. The first-order valence-corrected chi connectivity index (χ1v) is 9.04. The van der Waals surface area contributed by atoms with Crippen LogP contribution < -0.4 is 11.2 Å². The number of H-pyrrole nitrogens is 1. The van der Waals surface area contributed by atoms with E-state index in [2.05, 4.69) is 14.9 Å². The van der Waals surface area contributed by atoms with Crippen molar-refractivity contribution in [2.75, 3.05) is 39.4 Å². The van der Waals surface area contributed by atoms with Crippen LogP contribution in [0.5, 0.6) is 5.88 Å². The highest BCUT2D eigenvalue weighted by Crippen LogP contribution is 2.29. The van der Waals surface area contributed by atoms with Crippen molar-refractivity contribution in [1.82, 2.24) is 14.5 Å². The highest BCUT2D eigenvalue weighted by molar-refractivity contribution is 5.81. The van der Waals surface area contributed by atoms with Gasteiger partial charge in [-0.25, -0.2) is 4.79 Å². The molecule has 138 valence electrons. The third-order valence-corrected chi connectivity index (χ3v) is 4.96. The first-order valence-electron chi connectivity index (χ1n) is 9.04. The minimum atomic E-state index is -0.593. The van der Waals surface area contributed by atoms with Crippen LogP contribution in [0.25, 0.3) is 0 Å². The molecule has 1 saturated heterocycles. The van der Waals surface area contributed by atoms with E-state index in [1.807, 2.05) is 0 Å². The Kier molecular flexibility index (Phi) is 6.04. The molecule has 0 radical (unpaired) electrons. The largest absolute Gasteiger partial charge is 0.494 e. The molecule has 2 fully saturated rings. The standard InChI is InChI=1S/C17H26N4O4/c22-15-14(12-18-6-7-20-8-10-25-11-9-20)16(23)21(17(24)19-15)13-4-2-1-3-5-13/h12-13,23H,1-11H2,(H,19,22,24). The molecule has 0 atom stereocenters. The van der Waals surface area contributed by atoms with Gasteiger partial charge in [0.1, 0.15) is 5.56 Å². The number of rotatable bonds is 5. The van der Waals surface area contributed by atoms with Gasteiger partial charge in [-0.1, -0.05) is 19.3 Å². The minimum absolute atomic E-state index is 0.0569. The molecular formula is C17H26N4O4. The lowest BCUT2D eigenvalue weighted by molar-refractivity contribution is 0.0395. The molecule has 1 saturated carbocycles. The maximum absolute atomic E-state index is 12.1. The van der Waals surface area contributed by atoms with Crippen molar-refractivity contribution < 1.29 is 9.84 Å². The SMILES string of the molecule is O=c1[nH]c(=O)n(C2CCCCC2)c(O)c1C=NCCN1CCOCC1. The first kappa shape index (κ1) is 17.9. The van der Waals surface area contributed by atoms with Gasteiger partial charge < -0.3 is 9.84 Å². The van der Waals surface area contributed by atoms with Crippen LogP contribution >= 0.6 is 0 Å². The number of aromatic hydroxyl groups is 1. The molecule has 0 bridgehead atoms. The van der Waals surface area contributed by atoms with Crippen LogP contribution in [0.15, 0.2) is 14.6 Å². The van der Waals surface area contributed by atoms with Crippen molar-refractivity contribution in [1.29, 1.82) is 0 Å². The van der Waals surface area contributed by atoms with E-state index in [0.717, 1.165) is 65.0 Å². The number of nitrogens with one attached hydrogen (secondary N) is 1. The zero-order valence-electron chi connectivity index (χ0n) is 14.4. The predicted molar refractivity (Wildman–Crippen MR) is 94.8 cm³/mol. The second-order valence-corrected chi connectivity index (χ2v) is 6.65. The molecule has 2 N–H and O–H groups in total. The number of hydrogen-bond acceptors (Lipinski definition) is 6. The van der Waals surface area contributed by atoms with Gasteiger partial charge in [0.25, 0.3) is 5.56 Å². The summed E-state index contributed by atoms with van der Waals surface area (Å²) in [4.78, 5) is 33.0. The van der Waals surface area contributed by atoms with Gasteiger partial charge in [0, 0.05) is 31.9 Å². The highest BCUT2D eigenvalue weighted by Gasteiger charge is 2.22. The second kappa shape index (κ2) is 8.44. The van der Waals surface area contributed by atoms with E-state index in [1.165, 1.54) is 10.8 Å². The Morgan fingerprint density at radius 3 is 2.64 bits per heavy atom. The molecule has 8 nitrogen and oxygen atoms in total. The zero-order chi connectivity index (χ0) is 17.6. The monoisotopic (exact) mass is 350 g/mol. The van der Waals surface area contributed by atoms with Gasteiger partial charge in [0.05, 0.1) is 19.8 Å². The van der Waals surface area contributed by atoms with Gasteiger partial charge in [-0.3, -0.25) is 24.2 Å². The van der Waals surface area contributed by atoms with Crippen LogP contribution in [0, 0.1) is 0 Å². The molecule has 2 aliphatic rings. The molecule has 8 heteroatoms. The number of morpholine rings is 1. The summed E-state index contributed by atoms with van der Waals surface area (Å²) in [7, 11) is 0. The Balaban J connectivity index is 1.72. The molecule has 1 aliphatic carbocycles. The highest BCUT2D eigenvalue weighted by atomic mass is 16.5. The fourth-order valence-corrected chi connectivity index (χ4v) is 3.53. The van der Waals surface area contributed by atoms with Crippen molar-refractivity contribution in [2.24, 2.45) is 4.99 Å². The molecular weight excluding hydrogens is 324 g/mol. The Bertz CT molecular complexity index is 712. The third-order valence-electron chi connectivity index (χ3n) is 4.96. The third kappa shape index (κ3) is 4.38. The molecule has 0 aromatic carbocycles. The van der Waals surface area contributed by atoms with Crippen LogP contribution in [0.3, 0.4) is 0 Å². The van der Waals surface area contributed by atoms with Gasteiger partial charge in [-0.05, 0) is 12.8 Å². The average Bonchev–Trinajstić information content (AvgIpc) is 2.62. The Morgan fingerprint density at radius 1 is 1.20 bits per heavy atom. The molecule has 25 heavy (non-hydrogen) atoms. The summed E-state index contributed by atoms with van der Waals surface area (Å²) in [5, 5.41) is 10.5. The van der Waals surface area contributed by atoms with Gasteiger partial charge in [0.2, 0.25) is 5.88 Å². The van der Waals surface area contributed by atoms with Crippen LogP contribution in [-0.2, 0) is 4.74 Å². The molecule has 0 amide bonds. The van der Waals surface area contributed by atoms with Crippen LogP contribution in [0.4, 0.5) is 0 Å². The molecule has 1 aromatic heterocycles. The van der Waals surface area contributed by atoms with Crippen LogP contribution in [0.1, 0.15) is 43.7 Å². The normalized spacial score (nSPS) is 20.3. The summed E-state index contributed by atoms with van der Waals surface area (Å²) in [6.07, 6.45) is 6.26. The van der Waals surface area contributed by atoms with E-state index in [4.69, 9.17) is 4.74 Å². The van der Waals surface area contributed by atoms with Crippen molar-refractivity contribution in [3.8, 4) is 5.88 Å². The molecule has 1 aromatic rings. The zero-order valence-corrected chi connectivity index (χ0v) is 14.4. The predicted octanol–water partition coefficient (Wildman–Crippen LogP) is 0.498. The van der Waals surface area contributed by atoms with Crippen molar-refractivity contribution >= 4 is 6.21 Å². The summed E-state index contributed by atoms with van der Waals surface area (Å²) in [6.45, 7) is 4.54. The molecule has 0 spiro atoms. The lowest BCUT2D eigenvalue weighted by Crippen LogP contribution is -2.37. The van der Waals surface area contributed by atoms with Gasteiger partial charge >= 0.3 is 5.69 Å². The van der Waals surface area contributed by atoms with E-state index >= 15 is 0 Å². The lowest BCUT2D eigenvalue weighted by atomic mass is 9.95. The quantitative estimate of drug-likeness (QED) is 0.753. The van der Waals surface area contributed by atoms with Gasteiger partial charge in [0.15, 0.2) is 0 Å². The molecule has 2 heterocycles. The van der Waals surface area contributed by atoms with E-state index in [1.54, 1.807) is 0 Å². The number of aromatic nitrogens is 2. The summed E-state index contributed by atoms with van der Waals surface area (Å²) in [5.41, 5.74) is -1.07. The summed E-state index contributed by atoms with van der Waals surface area (Å²) >= 11 is 0. The van der Waals surface area contributed by atoms with E-state index < -0.39 is 11.2 Å². The fourth-order valence-electron chi connectivity index (χ4n) is 3.53. The van der Waals surface area contributed by atoms with Gasteiger partial charge in [-0.15, -0.1) is 0 Å². The van der Waals surface area contributed by atoms with Crippen LogP contribution in [-0.4, -0.2) is 65.2 Å².